The number of anilines is 1. The highest BCUT2D eigenvalue weighted by molar-refractivity contribution is 7.18. The summed E-state index contributed by atoms with van der Waals surface area (Å²) in [6, 6.07) is 0. The standard InChI is InChI=1S/C14H16F3N5S/c15-14(16,17)5-9-21-10-11(19-8-20-12(10)23-9)22-3-1-13(2-4-22)6-18-7-13/h8,18H,1-7H2. The van der Waals surface area contributed by atoms with Crippen LogP contribution in [0.1, 0.15) is 17.8 Å². The zero-order chi connectivity index (χ0) is 16.1. The van der Waals surface area contributed by atoms with E-state index in [-0.39, 0.29) is 5.01 Å². The number of halogens is 3. The van der Waals surface area contributed by atoms with Gasteiger partial charge in [0.2, 0.25) is 0 Å². The first-order chi connectivity index (χ1) is 10.9. The van der Waals surface area contributed by atoms with E-state index in [1.54, 1.807) is 0 Å². The molecule has 0 unspecified atom stereocenters. The Morgan fingerprint density at radius 2 is 1.96 bits per heavy atom. The van der Waals surface area contributed by atoms with Gasteiger partial charge in [-0.1, -0.05) is 11.3 Å². The smallest absolute Gasteiger partial charge is 0.355 e. The molecular formula is C14H16F3N5S. The van der Waals surface area contributed by atoms with Crippen LogP contribution < -0.4 is 10.2 Å². The summed E-state index contributed by atoms with van der Waals surface area (Å²) >= 11 is 0.999. The monoisotopic (exact) mass is 343 g/mol. The minimum atomic E-state index is -4.25. The highest BCUT2D eigenvalue weighted by Crippen LogP contribution is 2.38. The summed E-state index contributed by atoms with van der Waals surface area (Å²) in [5.74, 6) is 0.668. The van der Waals surface area contributed by atoms with Gasteiger partial charge in [-0.3, -0.25) is 0 Å². The van der Waals surface area contributed by atoms with Crippen molar-refractivity contribution < 1.29 is 13.2 Å². The molecule has 4 heterocycles. The summed E-state index contributed by atoms with van der Waals surface area (Å²) in [5, 5.41) is 3.37. The number of aromatic nitrogens is 3. The van der Waals surface area contributed by atoms with E-state index in [1.165, 1.54) is 6.33 Å². The third-order valence-corrected chi connectivity index (χ3v) is 5.66. The predicted octanol–water partition coefficient (Wildman–Crippen LogP) is 2.38. The highest BCUT2D eigenvalue weighted by atomic mass is 32.1. The normalized spacial score (nSPS) is 20.9. The van der Waals surface area contributed by atoms with Gasteiger partial charge in [-0.2, -0.15) is 13.2 Å². The lowest BCUT2D eigenvalue weighted by Crippen LogP contribution is -2.58. The van der Waals surface area contributed by atoms with Crippen LogP contribution in [0.15, 0.2) is 6.33 Å². The maximum atomic E-state index is 12.6. The highest BCUT2D eigenvalue weighted by Gasteiger charge is 2.40. The SMILES string of the molecule is FC(F)(F)Cc1nc2c(N3CCC4(CC3)CNC4)ncnc2s1. The maximum absolute atomic E-state index is 12.6. The van der Waals surface area contributed by atoms with Crippen LogP contribution in [-0.4, -0.2) is 47.3 Å². The Bertz CT molecular complexity index is 715. The van der Waals surface area contributed by atoms with E-state index in [9.17, 15) is 13.2 Å². The molecule has 4 rings (SSSR count). The van der Waals surface area contributed by atoms with E-state index in [2.05, 4.69) is 25.2 Å². The number of nitrogens with one attached hydrogen (secondary N) is 1. The molecule has 2 saturated heterocycles. The van der Waals surface area contributed by atoms with Crippen LogP contribution in [0, 0.1) is 5.41 Å². The molecule has 2 fully saturated rings. The summed E-state index contributed by atoms with van der Waals surface area (Å²) < 4.78 is 37.7. The Balaban J connectivity index is 1.60. The first-order valence-corrected chi connectivity index (χ1v) is 8.39. The average molecular weight is 343 g/mol. The molecule has 0 aliphatic carbocycles. The van der Waals surface area contributed by atoms with Gasteiger partial charge in [0, 0.05) is 26.2 Å². The van der Waals surface area contributed by atoms with Crippen molar-refractivity contribution >= 4 is 27.5 Å². The maximum Gasteiger partial charge on any atom is 0.395 e. The van der Waals surface area contributed by atoms with Gasteiger partial charge >= 0.3 is 6.18 Å². The molecule has 0 bridgehead atoms. The fraction of sp³-hybridized carbons (Fsp3) is 0.643. The van der Waals surface area contributed by atoms with Gasteiger partial charge in [-0.25, -0.2) is 15.0 Å². The molecule has 0 aromatic carbocycles. The molecule has 2 aromatic rings. The second-order valence-corrected chi connectivity index (χ2v) is 7.40. The zero-order valence-corrected chi connectivity index (χ0v) is 13.2. The van der Waals surface area contributed by atoms with E-state index >= 15 is 0 Å². The number of fused-ring (bicyclic) bond motifs is 1. The number of hydrogen-bond acceptors (Lipinski definition) is 6. The lowest BCUT2D eigenvalue weighted by molar-refractivity contribution is -0.127. The van der Waals surface area contributed by atoms with E-state index in [4.69, 9.17) is 0 Å². The Kier molecular flexibility index (Phi) is 3.45. The van der Waals surface area contributed by atoms with Crippen molar-refractivity contribution in [2.75, 3.05) is 31.1 Å². The molecule has 9 heteroatoms. The Morgan fingerprint density at radius 3 is 2.57 bits per heavy atom. The molecule has 2 aliphatic rings. The van der Waals surface area contributed by atoms with Crippen LogP contribution in [0.5, 0.6) is 0 Å². The van der Waals surface area contributed by atoms with Crippen molar-refractivity contribution in [2.45, 2.75) is 25.4 Å². The lowest BCUT2D eigenvalue weighted by atomic mass is 9.73. The molecule has 124 valence electrons. The summed E-state index contributed by atoms with van der Waals surface area (Å²) in [7, 11) is 0. The molecule has 2 aliphatic heterocycles. The lowest BCUT2D eigenvalue weighted by Gasteiger charge is -2.48. The number of rotatable bonds is 2. The van der Waals surface area contributed by atoms with Gasteiger partial charge in [-0.05, 0) is 18.3 Å². The van der Waals surface area contributed by atoms with E-state index in [0.29, 0.717) is 21.6 Å². The van der Waals surface area contributed by atoms with Gasteiger partial charge in [-0.15, -0.1) is 0 Å². The molecule has 1 spiro atoms. The van der Waals surface area contributed by atoms with Crippen molar-refractivity contribution in [1.82, 2.24) is 20.3 Å². The molecule has 0 amide bonds. The minimum Gasteiger partial charge on any atom is -0.355 e. The topological polar surface area (TPSA) is 53.9 Å². The molecule has 2 aromatic heterocycles. The third kappa shape index (κ3) is 2.87. The van der Waals surface area contributed by atoms with Crippen LogP contribution in [0.25, 0.3) is 10.3 Å². The largest absolute Gasteiger partial charge is 0.395 e. The summed E-state index contributed by atoms with van der Waals surface area (Å²) in [5.41, 5.74) is 0.908. The molecule has 23 heavy (non-hydrogen) atoms. The molecule has 0 saturated carbocycles. The van der Waals surface area contributed by atoms with Crippen LogP contribution in [0.2, 0.25) is 0 Å². The second-order valence-electron chi connectivity index (χ2n) is 6.34. The van der Waals surface area contributed by atoms with Crippen molar-refractivity contribution in [3.05, 3.63) is 11.3 Å². The van der Waals surface area contributed by atoms with Gasteiger partial charge in [0.05, 0.1) is 6.42 Å². The average Bonchev–Trinajstić information content (AvgIpc) is 2.85. The van der Waals surface area contributed by atoms with Crippen LogP contribution in [-0.2, 0) is 6.42 Å². The van der Waals surface area contributed by atoms with Gasteiger partial charge in [0.25, 0.3) is 0 Å². The van der Waals surface area contributed by atoms with E-state index in [1.807, 2.05) is 0 Å². The first-order valence-electron chi connectivity index (χ1n) is 7.57. The number of hydrogen-bond donors (Lipinski definition) is 1. The fourth-order valence-corrected chi connectivity index (χ4v) is 4.22. The number of alkyl halides is 3. The minimum absolute atomic E-state index is 0.0472. The Labute approximate surface area is 134 Å². The Hall–Kier alpha value is -1.48. The predicted molar refractivity (Wildman–Crippen MR) is 81.7 cm³/mol. The number of nitrogens with zero attached hydrogens (tertiary/aromatic N) is 4. The number of piperidine rings is 1. The van der Waals surface area contributed by atoms with Crippen LogP contribution >= 0.6 is 11.3 Å². The summed E-state index contributed by atoms with van der Waals surface area (Å²) in [4.78, 5) is 15.2. The van der Waals surface area contributed by atoms with Gasteiger partial charge in [0.1, 0.15) is 21.7 Å². The molecule has 1 N–H and O–H groups in total. The molecule has 0 atom stereocenters. The number of thiazole rings is 1. The fourth-order valence-electron chi connectivity index (χ4n) is 3.29. The molecule has 5 nitrogen and oxygen atoms in total. The third-order valence-electron chi connectivity index (χ3n) is 4.70. The van der Waals surface area contributed by atoms with Gasteiger partial charge < -0.3 is 10.2 Å². The van der Waals surface area contributed by atoms with E-state index in [0.717, 1.165) is 50.4 Å². The quantitative estimate of drug-likeness (QED) is 0.907. The van der Waals surface area contributed by atoms with Gasteiger partial charge in [0.15, 0.2) is 5.82 Å². The van der Waals surface area contributed by atoms with Crippen LogP contribution in [0.4, 0.5) is 19.0 Å². The summed E-state index contributed by atoms with van der Waals surface area (Å²) in [6.45, 7) is 3.85. The van der Waals surface area contributed by atoms with Crippen molar-refractivity contribution in [3.63, 3.8) is 0 Å². The zero-order valence-electron chi connectivity index (χ0n) is 12.4. The first kappa shape index (κ1) is 15.1. The van der Waals surface area contributed by atoms with Crippen molar-refractivity contribution in [1.29, 1.82) is 0 Å². The molecule has 0 radical (unpaired) electrons. The summed E-state index contributed by atoms with van der Waals surface area (Å²) in [6.07, 6.45) is -1.70. The van der Waals surface area contributed by atoms with Crippen molar-refractivity contribution in [2.24, 2.45) is 5.41 Å². The Morgan fingerprint density at radius 1 is 1.22 bits per heavy atom. The van der Waals surface area contributed by atoms with Crippen LogP contribution in [0.3, 0.4) is 0 Å². The molecular weight excluding hydrogens is 327 g/mol. The second kappa shape index (κ2) is 5.27. The van der Waals surface area contributed by atoms with E-state index < -0.39 is 12.6 Å². The van der Waals surface area contributed by atoms with Crippen molar-refractivity contribution in [3.8, 4) is 0 Å².